The highest BCUT2D eigenvalue weighted by atomic mass is 16.7. The van der Waals surface area contributed by atoms with E-state index >= 15 is 0 Å². The minimum absolute atomic E-state index is 0.100. The summed E-state index contributed by atoms with van der Waals surface area (Å²) in [5, 5.41) is 12.4. The Morgan fingerprint density at radius 1 is 0.623 bits per heavy atom. The lowest BCUT2D eigenvalue weighted by atomic mass is 9.82. The van der Waals surface area contributed by atoms with E-state index in [2.05, 4.69) is 0 Å². The molecule has 0 bridgehead atoms. The maximum absolute atomic E-state index is 14.5. The smallest absolute Gasteiger partial charge is 0.186 e. The van der Waals surface area contributed by atoms with Crippen LogP contribution in [0, 0.1) is 5.92 Å². The third kappa shape index (κ3) is 8.77. The van der Waals surface area contributed by atoms with Crippen LogP contribution in [-0.4, -0.2) is 87.0 Å². The van der Waals surface area contributed by atoms with Gasteiger partial charge in [0.25, 0.3) is 0 Å². The van der Waals surface area contributed by atoms with Crippen LogP contribution in [0.1, 0.15) is 28.5 Å². The molecule has 0 radical (unpaired) electrons. The molecule has 4 aromatic carbocycles. The lowest BCUT2D eigenvalue weighted by molar-refractivity contribution is -0.344. The molecule has 7 rings (SSSR count). The summed E-state index contributed by atoms with van der Waals surface area (Å²) in [6, 6.07) is 38.5. The molecule has 4 aromatic rings. The Morgan fingerprint density at radius 2 is 1.11 bits per heavy atom. The third-order valence-corrected chi connectivity index (χ3v) is 9.86. The standard InChI is InChI=1S/C42H46O11/c1-45-41-32(33(43)35-31(51-41)26-50-40(52-35)30-21-13-6-14-22-30)34(44)36-37(47-23-27-15-7-3-8-16-27)38(48-24-28-17-9-4-10-18-28)39(42(46-2)53-36)49-25-29-19-11-5-12-20-29/h3-22,31-32,34-42,44H,23-26H2,1-2H3/t31-,32-,34+,35-,36-,37-,38+,39-,40-,41+,42+/m1/s1. The van der Waals surface area contributed by atoms with Crippen LogP contribution in [0.25, 0.3) is 0 Å². The van der Waals surface area contributed by atoms with Crippen LogP contribution in [0.2, 0.25) is 0 Å². The second-order valence-electron chi connectivity index (χ2n) is 13.3. The second-order valence-corrected chi connectivity index (χ2v) is 13.3. The Kier molecular flexibility index (Phi) is 12.7. The lowest BCUT2D eigenvalue weighted by Gasteiger charge is -2.50. The molecule has 3 saturated heterocycles. The number of aliphatic hydroxyl groups excluding tert-OH is 1. The summed E-state index contributed by atoms with van der Waals surface area (Å²) in [6.07, 6.45) is -9.92. The van der Waals surface area contributed by atoms with Crippen LogP contribution in [0.15, 0.2) is 121 Å². The Hall–Kier alpha value is -3.85. The van der Waals surface area contributed by atoms with Crippen molar-refractivity contribution in [3.05, 3.63) is 144 Å². The van der Waals surface area contributed by atoms with Gasteiger partial charge in [0.15, 0.2) is 24.7 Å². The number of fused-ring (bicyclic) bond motifs is 1. The first-order valence-electron chi connectivity index (χ1n) is 17.9. The first kappa shape index (κ1) is 37.5. The molecule has 11 heteroatoms. The average molecular weight is 727 g/mol. The zero-order valence-electron chi connectivity index (χ0n) is 29.8. The van der Waals surface area contributed by atoms with Crippen molar-refractivity contribution in [3.8, 4) is 0 Å². The average Bonchev–Trinajstić information content (AvgIpc) is 3.22. The first-order valence-corrected chi connectivity index (χ1v) is 17.9. The van der Waals surface area contributed by atoms with Crippen molar-refractivity contribution >= 4 is 5.78 Å². The quantitative estimate of drug-likeness (QED) is 0.186. The Balaban J connectivity index is 1.21. The van der Waals surface area contributed by atoms with Crippen molar-refractivity contribution in [2.45, 2.75) is 81.4 Å². The van der Waals surface area contributed by atoms with E-state index in [1.54, 1.807) is 0 Å². The largest absolute Gasteiger partial charge is 0.389 e. The van der Waals surface area contributed by atoms with Gasteiger partial charge >= 0.3 is 0 Å². The predicted molar refractivity (Wildman–Crippen MR) is 191 cm³/mol. The molecular formula is C42H46O11. The normalized spacial score (nSPS) is 30.7. The van der Waals surface area contributed by atoms with E-state index in [1.165, 1.54) is 14.2 Å². The molecule has 0 amide bonds. The lowest BCUT2D eigenvalue weighted by Crippen LogP contribution is -2.67. The van der Waals surface area contributed by atoms with Crippen molar-refractivity contribution in [2.24, 2.45) is 5.92 Å². The van der Waals surface area contributed by atoms with E-state index in [1.807, 2.05) is 121 Å². The number of hydrogen-bond donors (Lipinski definition) is 1. The minimum atomic E-state index is -1.51. The molecule has 11 nitrogen and oxygen atoms in total. The summed E-state index contributed by atoms with van der Waals surface area (Å²) in [7, 11) is 2.93. The highest BCUT2D eigenvalue weighted by Gasteiger charge is 2.58. The summed E-state index contributed by atoms with van der Waals surface area (Å²) in [5.41, 5.74) is 3.54. The molecule has 0 unspecified atom stereocenters. The Morgan fingerprint density at radius 3 is 1.64 bits per heavy atom. The summed E-state index contributed by atoms with van der Waals surface area (Å²) >= 11 is 0. The van der Waals surface area contributed by atoms with Gasteiger partial charge in [0.1, 0.15) is 42.5 Å². The minimum Gasteiger partial charge on any atom is -0.389 e. The molecular weight excluding hydrogens is 680 g/mol. The van der Waals surface area contributed by atoms with Crippen molar-refractivity contribution in [2.75, 3.05) is 20.8 Å². The van der Waals surface area contributed by atoms with Crippen LogP contribution >= 0.6 is 0 Å². The van der Waals surface area contributed by atoms with Crippen LogP contribution in [0.3, 0.4) is 0 Å². The van der Waals surface area contributed by atoms with Crippen LogP contribution < -0.4 is 0 Å². The summed E-state index contributed by atoms with van der Waals surface area (Å²) in [5.74, 6) is -1.62. The van der Waals surface area contributed by atoms with Gasteiger partial charge < -0.3 is 47.7 Å². The van der Waals surface area contributed by atoms with E-state index in [9.17, 15) is 9.90 Å². The van der Waals surface area contributed by atoms with E-state index < -0.39 is 73.3 Å². The van der Waals surface area contributed by atoms with E-state index in [-0.39, 0.29) is 26.4 Å². The number of methoxy groups -OCH3 is 2. The van der Waals surface area contributed by atoms with Crippen LogP contribution in [-0.2, 0) is 67.2 Å². The molecule has 3 aliphatic rings. The fourth-order valence-corrected chi connectivity index (χ4v) is 7.15. The molecule has 0 aliphatic carbocycles. The number of carbonyl (C=O) groups is 1. The summed E-state index contributed by atoms with van der Waals surface area (Å²) in [4.78, 5) is 14.5. The highest BCUT2D eigenvalue weighted by molar-refractivity contribution is 5.88. The Bertz CT molecular complexity index is 1700. The molecule has 3 fully saturated rings. The van der Waals surface area contributed by atoms with Gasteiger partial charge in [-0.05, 0) is 16.7 Å². The van der Waals surface area contributed by atoms with Gasteiger partial charge in [-0.3, -0.25) is 4.79 Å². The van der Waals surface area contributed by atoms with E-state index in [0.29, 0.717) is 0 Å². The second kappa shape index (κ2) is 18.0. The number of carbonyl (C=O) groups excluding carboxylic acids is 1. The molecule has 1 N–H and O–H groups in total. The van der Waals surface area contributed by atoms with Gasteiger partial charge in [-0.15, -0.1) is 0 Å². The number of ether oxygens (including phenoxy) is 9. The van der Waals surface area contributed by atoms with Gasteiger partial charge in [0.2, 0.25) is 0 Å². The van der Waals surface area contributed by atoms with Gasteiger partial charge in [-0.1, -0.05) is 121 Å². The topological polar surface area (TPSA) is 120 Å². The van der Waals surface area contributed by atoms with Crippen molar-refractivity contribution < 1.29 is 52.5 Å². The van der Waals surface area contributed by atoms with Crippen LogP contribution in [0.5, 0.6) is 0 Å². The SMILES string of the molecule is CO[C@H]1O[C@H]([C@@H](O)[C@H]2C(=O)[C@@H]3O[C@H](c4ccccc4)OC[C@H]3O[C@@H]2OC)[C@@H](OCc2ccccc2)[C@H](OCc2ccccc2)[C@H]1OCc1ccccc1. The maximum atomic E-state index is 14.5. The molecule has 3 heterocycles. The first-order chi connectivity index (χ1) is 26.0. The van der Waals surface area contributed by atoms with Gasteiger partial charge in [-0.2, -0.15) is 0 Å². The number of rotatable bonds is 14. The monoisotopic (exact) mass is 726 g/mol. The van der Waals surface area contributed by atoms with Crippen LogP contribution in [0.4, 0.5) is 0 Å². The molecule has 0 saturated carbocycles. The zero-order chi connectivity index (χ0) is 36.6. The maximum Gasteiger partial charge on any atom is 0.186 e. The number of Topliss-reactive ketones (excluding diaryl/α,β-unsaturated/α-hetero) is 1. The van der Waals surface area contributed by atoms with E-state index in [0.717, 1.165) is 22.3 Å². The van der Waals surface area contributed by atoms with Gasteiger partial charge in [0.05, 0.1) is 32.5 Å². The zero-order valence-corrected chi connectivity index (χ0v) is 29.8. The molecule has 0 spiro atoms. The van der Waals surface area contributed by atoms with Crippen molar-refractivity contribution in [1.82, 2.24) is 0 Å². The predicted octanol–water partition coefficient (Wildman–Crippen LogP) is 5.15. The molecule has 280 valence electrons. The van der Waals surface area contributed by atoms with E-state index in [4.69, 9.17) is 42.6 Å². The Labute approximate surface area is 309 Å². The van der Waals surface area contributed by atoms with Crippen molar-refractivity contribution in [1.29, 1.82) is 0 Å². The van der Waals surface area contributed by atoms with Gasteiger partial charge in [-0.25, -0.2) is 0 Å². The van der Waals surface area contributed by atoms with Gasteiger partial charge in [0, 0.05) is 19.8 Å². The fourth-order valence-electron chi connectivity index (χ4n) is 7.15. The number of benzene rings is 4. The highest BCUT2D eigenvalue weighted by Crippen LogP contribution is 2.39. The molecule has 53 heavy (non-hydrogen) atoms. The van der Waals surface area contributed by atoms with Crippen molar-refractivity contribution in [3.63, 3.8) is 0 Å². The summed E-state index contributed by atoms with van der Waals surface area (Å²) < 4.78 is 56.5. The number of hydrogen-bond acceptors (Lipinski definition) is 11. The number of ketones is 1. The molecule has 11 atom stereocenters. The fraction of sp³-hybridized carbons (Fsp3) is 0.405. The number of aliphatic hydroxyl groups is 1. The molecule has 3 aliphatic heterocycles. The summed E-state index contributed by atoms with van der Waals surface area (Å²) in [6.45, 7) is 0.720. The third-order valence-electron chi connectivity index (χ3n) is 9.86. The molecule has 0 aromatic heterocycles.